The Kier molecular flexibility index (Phi) is 7.34. The van der Waals surface area contributed by atoms with Crippen LogP contribution >= 0.6 is 0 Å². The van der Waals surface area contributed by atoms with Gasteiger partial charge in [0.1, 0.15) is 0 Å². The lowest BCUT2D eigenvalue weighted by molar-refractivity contribution is -0.137. The molecule has 2 N–H and O–H groups in total. The van der Waals surface area contributed by atoms with Crippen LogP contribution in [-0.4, -0.2) is 35.3 Å². The molecule has 0 aromatic heterocycles. The molecule has 0 spiro atoms. The summed E-state index contributed by atoms with van der Waals surface area (Å²) in [5.74, 6) is 0.330. The van der Waals surface area contributed by atoms with Gasteiger partial charge >= 0.3 is 0 Å². The summed E-state index contributed by atoms with van der Waals surface area (Å²) in [6.07, 6.45) is 10.8. The number of nitrogens with one attached hydrogen (secondary N) is 2. The first-order valence-electron chi connectivity index (χ1n) is 9.50. The van der Waals surface area contributed by atoms with Crippen LogP contribution in [-0.2, 0) is 9.59 Å². The van der Waals surface area contributed by atoms with Crippen LogP contribution in [0, 0.1) is 5.92 Å². The molecule has 1 atom stereocenters. The zero-order valence-electron chi connectivity index (χ0n) is 14.8. The molecule has 2 rings (SSSR count). The lowest BCUT2D eigenvalue weighted by Gasteiger charge is -2.43. The van der Waals surface area contributed by atoms with Gasteiger partial charge in [-0.15, -0.1) is 0 Å². The predicted molar refractivity (Wildman–Crippen MR) is 91.6 cm³/mol. The Hall–Kier alpha value is -1.10. The summed E-state index contributed by atoms with van der Waals surface area (Å²) >= 11 is 0. The number of hydrogen-bond donors (Lipinski definition) is 2. The number of hydrogen-bond acceptors (Lipinski definition) is 3. The van der Waals surface area contributed by atoms with Gasteiger partial charge in [0.15, 0.2) is 0 Å². The molecule has 1 aliphatic carbocycles. The molecule has 2 fully saturated rings. The van der Waals surface area contributed by atoms with E-state index in [1.54, 1.807) is 0 Å². The lowest BCUT2D eigenvalue weighted by Crippen LogP contribution is -2.61. The molecule has 1 heterocycles. The second-order valence-electron chi connectivity index (χ2n) is 7.17. The molecule has 2 aliphatic rings. The Balaban J connectivity index is 1.70. The second-order valence-corrected chi connectivity index (χ2v) is 7.17. The number of hydrazine groups is 1. The first-order valence-corrected chi connectivity index (χ1v) is 9.50. The summed E-state index contributed by atoms with van der Waals surface area (Å²) in [6.45, 7) is 5.32. The quantitative estimate of drug-likeness (QED) is 0.675. The van der Waals surface area contributed by atoms with Gasteiger partial charge in [0.05, 0.1) is 6.04 Å². The van der Waals surface area contributed by atoms with E-state index in [1.807, 2.05) is 0 Å². The minimum atomic E-state index is -0.0583. The zero-order chi connectivity index (χ0) is 16.7. The maximum Gasteiger partial charge on any atom is 0.255 e. The highest BCUT2D eigenvalue weighted by molar-refractivity contribution is 5.86. The topological polar surface area (TPSA) is 61.4 Å². The van der Waals surface area contributed by atoms with Crippen LogP contribution in [0.5, 0.6) is 0 Å². The largest absolute Gasteiger partial charge is 0.289 e. The number of carbonyl (C=O) groups is 2. The molecule has 0 aromatic rings. The highest BCUT2D eigenvalue weighted by Crippen LogP contribution is 2.30. The molecule has 1 saturated carbocycles. The van der Waals surface area contributed by atoms with Crippen LogP contribution in [0.1, 0.15) is 78.1 Å². The van der Waals surface area contributed by atoms with Crippen molar-refractivity contribution in [2.24, 2.45) is 5.92 Å². The second kappa shape index (κ2) is 9.26. The molecule has 1 unspecified atom stereocenters. The fourth-order valence-corrected chi connectivity index (χ4v) is 4.05. The number of rotatable bonds is 8. The van der Waals surface area contributed by atoms with E-state index in [2.05, 4.69) is 29.6 Å². The molecule has 5 nitrogen and oxygen atoms in total. The lowest BCUT2D eigenvalue weighted by atomic mass is 9.94. The molecular formula is C18H33N3O2. The Morgan fingerprint density at radius 1 is 1.04 bits per heavy atom. The molecule has 132 valence electrons. The third kappa shape index (κ3) is 5.20. The van der Waals surface area contributed by atoms with Crippen LogP contribution in [0.3, 0.4) is 0 Å². The van der Waals surface area contributed by atoms with Crippen LogP contribution < -0.4 is 10.9 Å². The number of carbonyl (C=O) groups excluding carboxylic acids is 2. The van der Waals surface area contributed by atoms with Crippen molar-refractivity contribution in [1.29, 1.82) is 0 Å². The Morgan fingerprint density at radius 3 is 2.22 bits per heavy atom. The van der Waals surface area contributed by atoms with Crippen LogP contribution in [0.2, 0.25) is 0 Å². The highest BCUT2D eigenvalue weighted by atomic mass is 16.2. The zero-order valence-corrected chi connectivity index (χ0v) is 14.8. The standard InChI is InChI=1S/C18H33N3O2/c1-3-7-14(8-4-2)13-17(22)19-20-18(23)16-11-12-21(16)15-9-5-6-10-15/h14-16H,3-13H2,1-2H3,(H,19,22)(H,20,23). The van der Waals surface area contributed by atoms with Crippen molar-refractivity contribution in [3.63, 3.8) is 0 Å². The third-order valence-corrected chi connectivity index (χ3v) is 5.35. The first kappa shape index (κ1) is 18.2. The minimum Gasteiger partial charge on any atom is -0.289 e. The molecule has 1 saturated heterocycles. The highest BCUT2D eigenvalue weighted by Gasteiger charge is 2.39. The van der Waals surface area contributed by atoms with Crippen molar-refractivity contribution in [2.75, 3.05) is 6.54 Å². The normalized spacial score (nSPS) is 22.1. The summed E-state index contributed by atoms with van der Waals surface area (Å²) in [6, 6.07) is 0.536. The van der Waals surface area contributed by atoms with Gasteiger partial charge in [-0.25, -0.2) is 0 Å². The molecule has 0 radical (unpaired) electrons. The van der Waals surface area contributed by atoms with Crippen LogP contribution in [0.4, 0.5) is 0 Å². The summed E-state index contributed by atoms with van der Waals surface area (Å²) in [4.78, 5) is 26.6. The van der Waals surface area contributed by atoms with Gasteiger partial charge in [0.2, 0.25) is 5.91 Å². The van der Waals surface area contributed by atoms with E-state index in [-0.39, 0.29) is 17.9 Å². The fraction of sp³-hybridized carbons (Fsp3) is 0.889. The maximum atomic E-state index is 12.3. The van der Waals surface area contributed by atoms with Crippen LogP contribution in [0.25, 0.3) is 0 Å². The van der Waals surface area contributed by atoms with Crippen LogP contribution in [0.15, 0.2) is 0 Å². The molecule has 23 heavy (non-hydrogen) atoms. The summed E-state index contributed by atoms with van der Waals surface area (Å²) in [5, 5.41) is 0. The SMILES string of the molecule is CCCC(CCC)CC(=O)NNC(=O)C1CCN1C1CCCC1. The van der Waals surface area contributed by atoms with E-state index < -0.39 is 0 Å². The predicted octanol–water partition coefficient (Wildman–Crippen LogP) is 2.76. The van der Waals surface area contributed by atoms with Gasteiger partial charge in [-0.05, 0) is 25.2 Å². The van der Waals surface area contributed by atoms with Crippen molar-refractivity contribution in [3.05, 3.63) is 0 Å². The van der Waals surface area contributed by atoms with Gasteiger partial charge in [0.25, 0.3) is 5.91 Å². The Bertz CT molecular complexity index is 388. The molecule has 5 heteroatoms. The van der Waals surface area contributed by atoms with Crippen molar-refractivity contribution in [3.8, 4) is 0 Å². The fourth-order valence-electron chi connectivity index (χ4n) is 4.05. The Labute approximate surface area is 140 Å². The van der Waals surface area contributed by atoms with E-state index in [4.69, 9.17) is 0 Å². The maximum absolute atomic E-state index is 12.3. The summed E-state index contributed by atoms with van der Waals surface area (Å²) < 4.78 is 0. The van der Waals surface area contributed by atoms with E-state index in [9.17, 15) is 9.59 Å². The average molecular weight is 323 g/mol. The number of nitrogens with zero attached hydrogens (tertiary/aromatic N) is 1. The van der Waals surface area contributed by atoms with Crippen molar-refractivity contribution in [2.45, 2.75) is 90.1 Å². The number of likely N-dealkylation sites (tertiary alicyclic amines) is 1. The van der Waals surface area contributed by atoms with Crippen molar-refractivity contribution >= 4 is 11.8 Å². The van der Waals surface area contributed by atoms with Crippen molar-refractivity contribution in [1.82, 2.24) is 15.8 Å². The van der Waals surface area contributed by atoms with Crippen molar-refractivity contribution < 1.29 is 9.59 Å². The van der Waals surface area contributed by atoms with Gasteiger partial charge < -0.3 is 0 Å². The molecule has 1 aliphatic heterocycles. The van der Waals surface area contributed by atoms with Gasteiger partial charge in [0, 0.05) is 19.0 Å². The smallest absolute Gasteiger partial charge is 0.255 e. The van der Waals surface area contributed by atoms with Gasteiger partial charge in [-0.1, -0.05) is 52.4 Å². The van der Waals surface area contributed by atoms with Gasteiger partial charge in [-0.3, -0.25) is 25.3 Å². The van der Waals surface area contributed by atoms with E-state index in [0.29, 0.717) is 18.4 Å². The van der Waals surface area contributed by atoms with E-state index >= 15 is 0 Å². The monoisotopic (exact) mass is 323 g/mol. The van der Waals surface area contributed by atoms with E-state index in [0.717, 1.165) is 38.6 Å². The minimum absolute atomic E-state index is 0.0412. The first-order chi connectivity index (χ1) is 11.2. The molecular weight excluding hydrogens is 290 g/mol. The van der Waals surface area contributed by atoms with Gasteiger partial charge in [-0.2, -0.15) is 0 Å². The third-order valence-electron chi connectivity index (χ3n) is 5.35. The average Bonchev–Trinajstić information content (AvgIpc) is 2.98. The molecule has 0 aromatic carbocycles. The summed E-state index contributed by atoms with van der Waals surface area (Å²) in [5.41, 5.74) is 5.27. The number of amides is 2. The summed E-state index contributed by atoms with van der Waals surface area (Å²) in [7, 11) is 0. The molecule has 2 amide bonds. The van der Waals surface area contributed by atoms with E-state index in [1.165, 1.54) is 25.7 Å². The molecule has 0 bridgehead atoms. The Morgan fingerprint density at radius 2 is 1.70 bits per heavy atom.